The smallest absolute Gasteiger partial charge is 0.140 e. The van der Waals surface area contributed by atoms with Gasteiger partial charge in [0.15, 0.2) is 0 Å². The summed E-state index contributed by atoms with van der Waals surface area (Å²) in [5, 5.41) is 4.35. The molecule has 3 heterocycles. The van der Waals surface area contributed by atoms with E-state index in [1.807, 2.05) is 0 Å². The van der Waals surface area contributed by atoms with Crippen LogP contribution in [0.1, 0.15) is 43.7 Å². The Morgan fingerprint density at radius 3 is 2.57 bits per heavy atom. The van der Waals surface area contributed by atoms with Crippen molar-refractivity contribution in [1.82, 2.24) is 19.9 Å². The van der Waals surface area contributed by atoms with Gasteiger partial charge in [-0.25, -0.2) is 0 Å². The summed E-state index contributed by atoms with van der Waals surface area (Å²) in [4.78, 5) is 7.81. The molecule has 0 bridgehead atoms. The largest absolute Gasteiger partial charge is 0.361 e. The maximum absolute atomic E-state index is 5.54. The van der Waals surface area contributed by atoms with Gasteiger partial charge in [-0.05, 0) is 33.1 Å². The normalized spacial score (nSPS) is 24.8. The van der Waals surface area contributed by atoms with E-state index in [1.165, 1.54) is 69.8 Å². The van der Waals surface area contributed by atoms with Crippen molar-refractivity contribution in [1.29, 1.82) is 0 Å². The zero-order valence-electron chi connectivity index (χ0n) is 14.6. The van der Waals surface area contributed by atoms with Gasteiger partial charge in [0, 0.05) is 69.9 Å². The van der Waals surface area contributed by atoms with E-state index in [4.69, 9.17) is 4.52 Å². The molecule has 128 valence electrons. The van der Waals surface area contributed by atoms with Crippen molar-refractivity contribution in [3.8, 4) is 0 Å². The van der Waals surface area contributed by atoms with Crippen LogP contribution in [0.3, 0.4) is 0 Å². The van der Waals surface area contributed by atoms with Crippen molar-refractivity contribution in [2.45, 2.75) is 58.2 Å². The minimum absolute atomic E-state index is 0.688. The fourth-order valence-electron chi connectivity index (χ4n) is 4.31. The summed E-state index contributed by atoms with van der Waals surface area (Å²) < 4.78 is 5.54. The Morgan fingerprint density at radius 1 is 1.09 bits per heavy atom. The molecule has 0 amide bonds. The summed E-state index contributed by atoms with van der Waals surface area (Å²) in [6.07, 6.45) is 4.81. The van der Waals surface area contributed by atoms with Crippen LogP contribution in [0.25, 0.3) is 0 Å². The minimum atomic E-state index is 0.688. The molecule has 1 aromatic rings. The van der Waals surface area contributed by atoms with Gasteiger partial charge < -0.3 is 4.52 Å². The third-order valence-corrected chi connectivity index (χ3v) is 5.94. The number of piperazine rings is 1. The Kier molecular flexibility index (Phi) is 4.43. The minimum Gasteiger partial charge on any atom is -0.361 e. The van der Waals surface area contributed by atoms with E-state index in [2.05, 4.69) is 33.7 Å². The second kappa shape index (κ2) is 6.54. The van der Waals surface area contributed by atoms with E-state index in [-0.39, 0.29) is 0 Å². The van der Waals surface area contributed by atoms with E-state index in [0.29, 0.717) is 6.04 Å². The van der Waals surface area contributed by atoms with Crippen molar-refractivity contribution >= 4 is 0 Å². The molecule has 0 aromatic carbocycles. The highest BCUT2D eigenvalue weighted by Gasteiger charge is 2.34. The Bertz CT molecular complexity index is 527. The number of likely N-dealkylation sites (tertiary alicyclic amines) is 1. The monoisotopic (exact) mass is 318 g/mol. The van der Waals surface area contributed by atoms with Gasteiger partial charge in [-0.3, -0.25) is 14.7 Å². The summed E-state index contributed by atoms with van der Waals surface area (Å²) in [5.74, 6) is 1.16. The molecule has 3 aliphatic rings. The van der Waals surface area contributed by atoms with Crippen LogP contribution in [0.5, 0.6) is 0 Å². The van der Waals surface area contributed by atoms with Gasteiger partial charge in [0.1, 0.15) is 11.5 Å². The number of fused-ring (bicyclic) bond motifs is 1. The molecule has 5 heteroatoms. The highest BCUT2D eigenvalue weighted by molar-refractivity contribution is 5.25. The van der Waals surface area contributed by atoms with Gasteiger partial charge >= 0.3 is 0 Å². The van der Waals surface area contributed by atoms with Gasteiger partial charge in [0.2, 0.25) is 0 Å². The lowest BCUT2D eigenvalue weighted by molar-refractivity contribution is -0.00501. The second-order valence-electron chi connectivity index (χ2n) is 7.75. The average molecular weight is 318 g/mol. The number of hydrogen-bond donors (Lipinski definition) is 0. The lowest BCUT2D eigenvalue weighted by Gasteiger charge is -2.48. The molecule has 0 radical (unpaired) electrons. The summed E-state index contributed by atoms with van der Waals surface area (Å²) in [6.45, 7) is 12.9. The topological polar surface area (TPSA) is 35.8 Å². The van der Waals surface area contributed by atoms with Crippen LogP contribution in [0.15, 0.2) is 4.52 Å². The van der Waals surface area contributed by atoms with Gasteiger partial charge in [-0.1, -0.05) is 5.16 Å². The maximum Gasteiger partial charge on any atom is 0.140 e. The second-order valence-corrected chi connectivity index (χ2v) is 7.75. The first-order valence-corrected chi connectivity index (χ1v) is 9.37. The Morgan fingerprint density at radius 2 is 1.83 bits per heavy atom. The molecule has 0 atom stereocenters. The van der Waals surface area contributed by atoms with Gasteiger partial charge in [-0.2, -0.15) is 0 Å². The van der Waals surface area contributed by atoms with Crippen molar-refractivity contribution in [2.24, 2.45) is 0 Å². The maximum atomic E-state index is 5.54. The lowest BCUT2D eigenvalue weighted by atomic mass is 9.95. The lowest BCUT2D eigenvalue weighted by Crippen LogP contribution is -2.63. The molecule has 23 heavy (non-hydrogen) atoms. The summed E-state index contributed by atoms with van der Waals surface area (Å²) >= 11 is 0. The van der Waals surface area contributed by atoms with Gasteiger partial charge in [0.25, 0.3) is 0 Å². The predicted molar refractivity (Wildman–Crippen MR) is 90.5 cm³/mol. The fraction of sp³-hybridized carbons (Fsp3) is 0.833. The first-order valence-electron chi connectivity index (χ1n) is 9.37. The molecular weight excluding hydrogens is 288 g/mol. The molecule has 2 saturated heterocycles. The number of hydrogen-bond acceptors (Lipinski definition) is 5. The SMILES string of the molecule is CC(C)N1CCN(C2CN(Cc3noc4c3CCCC4)C2)CC1. The van der Waals surface area contributed by atoms with E-state index < -0.39 is 0 Å². The average Bonchev–Trinajstić information content (AvgIpc) is 2.94. The third kappa shape index (κ3) is 3.19. The number of aryl methyl sites for hydroxylation is 1. The van der Waals surface area contributed by atoms with Crippen molar-refractivity contribution in [3.05, 3.63) is 17.0 Å². The molecule has 1 aliphatic carbocycles. The fourth-order valence-corrected chi connectivity index (χ4v) is 4.31. The standard InChI is InChI=1S/C18H30N4O/c1-14(2)21-7-9-22(10-8-21)15-11-20(12-15)13-17-16-5-3-4-6-18(16)23-19-17/h14-15H,3-13H2,1-2H3. The van der Waals surface area contributed by atoms with E-state index in [9.17, 15) is 0 Å². The molecule has 2 aliphatic heterocycles. The number of rotatable bonds is 4. The van der Waals surface area contributed by atoms with E-state index >= 15 is 0 Å². The third-order valence-electron chi connectivity index (χ3n) is 5.94. The summed E-state index contributed by atoms with van der Waals surface area (Å²) in [5.41, 5.74) is 2.63. The van der Waals surface area contributed by atoms with Gasteiger partial charge in [-0.15, -0.1) is 0 Å². The van der Waals surface area contributed by atoms with Crippen LogP contribution >= 0.6 is 0 Å². The molecular formula is C18H30N4O. The zero-order valence-corrected chi connectivity index (χ0v) is 14.6. The van der Waals surface area contributed by atoms with Crippen molar-refractivity contribution in [3.63, 3.8) is 0 Å². The highest BCUT2D eigenvalue weighted by atomic mass is 16.5. The van der Waals surface area contributed by atoms with Crippen LogP contribution in [0.4, 0.5) is 0 Å². The molecule has 0 saturated carbocycles. The molecule has 2 fully saturated rings. The van der Waals surface area contributed by atoms with Crippen LogP contribution in [0.2, 0.25) is 0 Å². The predicted octanol–water partition coefficient (Wildman–Crippen LogP) is 1.76. The Labute approximate surface area is 139 Å². The summed E-state index contributed by atoms with van der Waals surface area (Å²) in [6, 6.07) is 1.44. The molecule has 1 aromatic heterocycles. The Balaban J connectivity index is 1.25. The van der Waals surface area contributed by atoms with Crippen LogP contribution < -0.4 is 0 Å². The molecule has 0 spiro atoms. The van der Waals surface area contributed by atoms with Crippen LogP contribution in [0, 0.1) is 0 Å². The number of nitrogens with zero attached hydrogens (tertiary/aromatic N) is 4. The molecule has 4 rings (SSSR count). The van der Waals surface area contributed by atoms with E-state index in [1.54, 1.807) is 0 Å². The molecule has 5 nitrogen and oxygen atoms in total. The molecule has 0 N–H and O–H groups in total. The summed E-state index contributed by atoms with van der Waals surface area (Å²) in [7, 11) is 0. The van der Waals surface area contributed by atoms with E-state index in [0.717, 1.165) is 24.8 Å². The van der Waals surface area contributed by atoms with Crippen molar-refractivity contribution in [2.75, 3.05) is 39.3 Å². The quantitative estimate of drug-likeness (QED) is 0.845. The van der Waals surface area contributed by atoms with Gasteiger partial charge in [0.05, 0.1) is 0 Å². The first-order chi connectivity index (χ1) is 11.2. The molecule has 0 unspecified atom stereocenters. The highest BCUT2D eigenvalue weighted by Crippen LogP contribution is 2.27. The first kappa shape index (κ1) is 15.6. The zero-order chi connectivity index (χ0) is 15.8. The van der Waals surface area contributed by atoms with Crippen LogP contribution in [-0.2, 0) is 19.4 Å². The van der Waals surface area contributed by atoms with Crippen LogP contribution in [-0.4, -0.2) is 71.2 Å². The van der Waals surface area contributed by atoms with Crippen molar-refractivity contribution < 1.29 is 4.52 Å². The Hall–Kier alpha value is -0.910. The number of aromatic nitrogens is 1.